The molecule has 0 bridgehead atoms. The lowest BCUT2D eigenvalue weighted by Gasteiger charge is -2.23. The number of benzene rings is 1. The summed E-state index contributed by atoms with van der Waals surface area (Å²) in [6.45, 7) is 1.39. The molecule has 0 unspecified atom stereocenters. The fraction of sp³-hybridized carbons (Fsp3) is 0.308. The Kier molecular flexibility index (Phi) is 4.10. The van der Waals surface area contributed by atoms with E-state index in [0.29, 0.717) is 11.4 Å². The van der Waals surface area contributed by atoms with Gasteiger partial charge in [0.2, 0.25) is 0 Å². The number of anilines is 1. The lowest BCUT2D eigenvalue weighted by Crippen LogP contribution is -2.33. The number of para-hydroxylation sites is 1. The topological polar surface area (TPSA) is 75.4 Å². The molecule has 0 saturated carbocycles. The molecule has 0 spiro atoms. The van der Waals surface area contributed by atoms with Gasteiger partial charge in [-0.3, -0.25) is 8.99 Å². The Balaban J connectivity index is 2.51. The van der Waals surface area contributed by atoms with Gasteiger partial charge in [-0.1, -0.05) is 18.2 Å². The van der Waals surface area contributed by atoms with Crippen LogP contribution in [0.15, 0.2) is 41.4 Å². The van der Waals surface area contributed by atoms with E-state index >= 15 is 0 Å². The van der Waals surface area contributed by atoms with Crippen LogP contribution in [0.3, 0.4) is 0 Å². The van der Waals surface area contributed by atoms with E-state index in [1.165, 1.54) is 15.2 Å². The molecule has 1 aromatic carbocycles. The Morgan fingerprint density at radius 2 is 1.95 bits per heavy atom. The average Bonchev–Trinajstić information content (AvgIpc) is 2.76. The zero-order valence-electron chi connectivity index (χ0n) is 11.4. The molecule has 7 heteroatoms. The van der Waals surface area contributed by atoms with E-state index in [9.17, 15) is 8.42 Å². The Bertz CT molecular complexity index is 680. The Labute approximate surface area is 118 Å². The van der Waals surface area contributed by atoms with Gasteiger partial charge in [-0.15, -0.1) is 0 Å². The fourth-order valence-electron chi connectivity index (χ4n) is 2.02. The molecule has 20 heavy (non-hydrogen) atoms. The van der Waals surface area contributed by atoms with Crippen molar-refractivity contribution in [3.05, 3.63) is 42.2 Å². The first-order valence-corrected chi connectivity index (χ1v) is 7.59. The zero-order chi connectivity index (χ0) is 14.8. The van der Waals surface area contributed by atoms with Crippen molar-refractivity contribution in [1.29, 1.82) is 0 Å². The molecule has 0 radical (unpaired) electrons. The van der Waals surface area contributed by atoms with Crippen LogP contribution in [0, 0.1) is 6.92 Å². The maximum atomic E-state index is 12.7. The van der Waals surface area contributed by atoms with Crippen LogP contribution in [0.5, 0.6) is 0 Å². The quantitative estimate of drug-likeness (QED) is 0.890. The second-order valence-electron chi connectivity index (χ2n) is 4.39. The van der Waals surface area contributed by atoms with Crippen LogP contribution in [0.25, 0.3) is 0 Å². The summed E-state index contributed by atoms with van der Waals surface area (Å²) in [5.74, 6) is 0. The molecule has 0 aliphatic heterocycles. The zero-order valence-corrected chi connectivity index (χ0v) is 12.2. The van der Waals surface area contributed by atoms with E-state index in [2.05, 4.69) is 5.10 Å². The van der Waals surface area contributed by atoms with E-state index < -0.39 is 10.0 Å². The lowest BCUT2D eigenvalue weighted by molar-refractivity contribution is 0.306. The molecule has 0 amide bonds. The van der Waals surface area contributed by atoms with Gasteiger partial charge in [0.15, 0.2) is 0 Å². The predicted octanol–water partition coefficient (Wildman–Crippen LogP) is 0.916. The number of hydrogen-bond donors (Lipinski definition) is 1. The molecule has 6 nitrogen and oxygen atoms in total. The number of sulfonamides is 1. The highest BCUT2D eigenvalue weighted by Crippen LogP contribution is 2.24. The van der Waals surface area contributed by atoms with Crippen molar-refractivity contribution < 1.29 is 13.5 Å². The van der Waals surface area contributed by atoms with E-state index in [-0.39, 0.29) is 18.0 Å². The van der Waals surface area contributed by atoms with Crippen molar-refractivity contribution in [3.63, 3.8) is 0 Å². The largest absolute Gasteiger partial charge is 0.394 e. The fourth-order valence-corrected chi connectivity index (χ4v) is 3.68. The third-order valence-corrected chi connectivity index (χ3v) is 4.81. The summed E-state index contributed by atoms with van der Waals surface area (Å²) in [6, 6.07) is 8.71. The maximum absolute atomic E-state index is 12.7. The first-order valence-electron chi connectivity index (χ1n) is 6.15. The van der Waals surface area contributed by atoms with Gasteiger partial charge >= 0.3 is 0 Å². The van der Waals surface area contributed by atoms with Crippen LogP contribution in [-0.2, 0) is 17.1 Å². The van der Waals surface area contributed by atoms with Crippen LogP contribution in [0.2, 0.25) is 0 Å². The summed E-state index contributed by atoms with van der Waals surface area (Å²) >= 11 is 0. The predicted molar refractivity (Wildman–Crippen MR) is 76.0 cm³/mol. The van der Waals surface area contributed by atoms with Gasteiger partial charge < -0.3 is 5.11 Å². The molecule has 0 atom stereocenters. The lowest BCUT2D eigenvalue weighted by atomic mass is 10.3. The van der Waals surface area contributed by atoms with Crippen molar-refractivity contribution in [3.8, 4) is 0 Å². The minimum atomic E-state index is -3.74. The standard InChI is InChI=1S/C13H17N3O3S/c1-11-13(10-15(2)14-11)20(18,19)16(8-9-17)12-6-4-3-5-7-12/h3-7,10,17H,8-9H2,1-2H3. The highest BCUT2D eigenvalue weighted by molar-refractivity contribution is 7.92. The molecule has 0 aliphatic rings. The maximum Gasteiger partial charge on any atom is 0.267 e. The van der Waals surface area contributed by atoms with Gasteiger partial charge in [-0.05, 0) is 19.1 Å². The second kappa shape index (κ2) is 5.64. The SMILES string of the molecule is Cc1nn(C)cc1S(=O)(=O)N(CCO)c1ccccc1. The van der Waals surface area contributed by atoms with Crippen molar-refractivity contribution in [1.82, 2.24) is 9.78 Å². The normalized spacial score (nSPS) is 11.6. The summed E-state index contributed by atoms with van der Waals surface area (Å²) in [5, 5.41) is 13.2. The summed E-state index contributed by atoms with van der Waals surface area (Å²) in [4.78, 5) is 0.150. The molecule has 2 aromatic rings. The van der Waals surface area contributed by atoms with Crippen molar-refractivity contribution in [2.45, 2.75) is 11.8 Å². The molecule has 1 heterocycles. The number of aliphatic hydroxyl groups is 1. The third kappa shape index (κ3) is 2.68. The minimum Gasteiger partial charge on any atom is -0.394 e. The smallest absolute Gasteiger partial charge is 0.267 e. The van der Waals surface area contributed by atoms with Gasteiger partial charge in [0.25, 0.3) is 10.0 Å². The van der Waals surface area contributed by atoms with Gasteiger partial charge in [0.05, 0.1) is 24.5 Å². The molecular formula is C13H17N3O3S. The van der Waals surface area contributed by atoms with Gasteiger partial charge in [-0.25, -0.2) is 8.42 Å². The molecule has 1 N–H and O–H groups in total. The number of aliphatic hydroxyl groups excluding tert-OH is 1. The molecule has 0 aliphatic carbocycles. The van der Waals surface area contributed by atoms with Crippen LogP contribution in [-0.4, -0.2) is 36.5 Å². The van der Waals surface area contributed by atoms with E-state index in [4.69, 9.17) is 5.11 Å². The highest BCUT2D eigenvalue weighted by atomic mass is 32.2. The molecular weight excluding hydrogens is 278 g/mol. The number of rotatable bonds is 5. The minimum absolute atomic E-state index is 0.000676. The Hall–Kier alpha value is -1.86. The van der Waals surface area contributed by atoms with Crippen LogP contribution in [0.4, 0.5) is 5.69 Å². The van der Waals surface area contributed by atoms with Crippen molar-refractivity contribution in [2.24, 2.45) is 7.05 Å². The van der Waals surface area contributed by atoms with Gasteiger partial charge in [0, 0.05) is 13.2 Å². The van der Waals surface area contributed by atoms with E-state index in [1.807, 2.05) is 6.07 Å². The summed E-state index contributed by atoms with van der Waals surface area (Å²) in [7, 11) is -2.06. The molecule has 2 rings (SSSR count). The Morgan fingerprint density at radius 1 is 1.30 bits per heavy atom. The first-order chi connectivity index (χ1) is 9.46. The van der Waals surface area contributed by atoms with Crippen molar-refractivity contribution >= 4 is 15.7 Å². The first kappa shape index (κ1) is 14.5. The third-order valence-electron chi connectivity index (χ3n) is 2.88. The number of aromatic nitrogens is 2. The van der Waals surface area contributed by atoms with Crippen LogP contribution >= 0.6 is 0 Å². The summed E-state index contributed by atoms with van der Waals surface area (Å²) in [5.41, 5.74) is 0.955. The Morgan fingerprint density at radius 3 is 2.45 bits per heavy atom. The monoisotopic (exact) mass is 295 g/mol. The average molecular weight is 295 g/mol. The van der Waals surface area contributed by atoms with E-state index in [0.717, 1.165) is 0 Å². The molecule has 108 valence electrons. The summed E-state index contributed by atoms with van der Waals surface area (Å²) < 4.78 is 28.1. The molecule has 0 saturated heterocycles. The molecule has 0 fully saturated rings. The number of hydrogen-bond acceptors (Lipinski definition) is 4. The van der Waals surface area contributed by atoms with Gasteiger partial charge in [-0.2, -0.15) is 5.10 Å². The second-order valence-corrected chi connectivity index (χ2v) is 6.22. The highest BCUT2D eigenvalue weighted by Gasteiger charge is 2.27. The number of aryl methyl sites for hydroxylation is 2. The van der Waals surface area contributed by atoms with E-state index in [1.54, 1.807) is 38.2 Å². The summed E-state index contributed by atoms with van der Waals surface area (Å²) in [6.07, 6.45) is 1.47. The van der Waals surface area contributed by atoms with Crippen molar-refractivity contribution in [2.75, 3.05) is 17.5 Å². The molecule has 1 aromatic heterocycles. The number of nitrogens with zero attached hydrogens (tertiary/aromatic N) is 3. The van der Waals surface area contributed by atoms with Crippen LogP contribution in [0.1, 0.15) is 5.69 Å². The van der Waals surface area contributed by atoms with Gasteiger partial charge in [0.1, 0.15) is 4.90 Å². The van der Waals surface area contributed by atoms with Crippen LogP contribution < -0.4 is 4.31 Å².